The first-order valence-electron chi connectivity index (χ1n) is 8.04. The Hall–Kier alpha value is -2.48. The van der Waals surface area contributed by atoms with E-state index in [0.717, 1.165) is 24.9 Å². The number of nitrogens with zero attached hydrogens (tertiary/aromatic N) is 1. The molecule has 0 radical (unpaired) electrons. The van der Waals surface area contributed by atoms with Gasteiger partial charge in [0.1, 0.15) is 0 Å². The Bertz CT molecular complexity index is 543. The molecular weight excluding hydrogens is 288 g/mol. The first-order chi connectivity index (χ1) is 11.2. The van der Waals surface area contributed by atoms with Crippen molar-refractivity contribution >= 4 is 11.9 Å². The second kappa shape index (κ2) is 11.1. The Morgan fingerprint density at radius 2 is 1.91 bits per heavy atom. The summed E-state index contributed by atoms with van der Waals surface area (Å²) in [5.74, 6) is 3.18. The summed E-state index contributed by atoms with van der Waals surface area (Å²) in [5, 5.41) is 9.07. The van der Waals surface area contributed by atoms with E-state index in [9.17, 15) is 4.79 Å². The molecule has 0 aliphatic carbocycles. The minimum atomic E-state index is -0.0301. The third kappa shape index (κ3) is 7.37. The molecule has 5 heteroatoms. The zero-order valence-corrected chi connectivity index (χ0v) is 14.0. The average molecular weight is 314 g/mol. The molecule has 0 aliphatic rings. The van der Waals surface area contributed by atoms with Crippen LogP contribution < -0.4 is 16.0 Å². The standard InChI is InChI=1S/C18H26N4O/c1-4-7-13-20-17(23)16-10-8-15(9-11-16)14-22-18(19-6-3)21-12-5-2/h2,8-11H,4,6-7,12-14H2,1,3H3,(H,20,23)(H2,19,21,22). The topological polar surface area (TPSA) is 65.5 Å². The number of guanidine groups is 1. The average Bonchev–Trinajstić information content (AvgIpc) is 2.58. The van der Waals surface area contributed by atoms with Gasteiger partial charge in [-0.15, -0.1) is 6.42 Å². The first kappa shape index (κ1) is 18.6. The summed E-state index contributed by atoms with van der Waals surface area (Å²) in [6.07, 6.45) is 7.30. The maximum Gasteiger partial charge on any atom is 0.251 e. The van der Waals surface area contributed by atoms with Crippen molar-refractivity contribution in [3.63, 3.8) is 0 Å². The lowest BCUT2D eigenvalue weighted by atomic mass is 10.1. The Kier molecular flexibility index (Phi) is 8.99. The summed E-state index contributed by atoms with van der Waals surface area (Å²) >= 11 is 0. The highest BCUT2D eigenvalue weighted by Gasteiger charge is 2.04. The van der Waals surface area contributed by atoms with Crippen LogP contribution in [0.5, 0.6) is 0 Å². The normalized spacial score (nSPS) is 10.7. The molecule has 0 aromatic heterocycles. The minimum absolute atomic E-state index is 0.0301. The molecule has 0 saturated carbocycles. The van der Waals surface area contributed by atoms with Gasteiger partial charge in [0.2, 0.25) is 0 Å². The van der Waals surface area contributed by atoms with Crippen LogP contribution in [0.2, 0.25) is 0 Å². The number of aliphatic imine (C=N–C) groups is 1. The number of unbranched alkanes of at least 4 members (excludes halogenated alkanes) is 1. The minimum Gasteiger partial charge on any atom is -0.357 e. The predicted octanol–water partition coefficient (Wildman–Crippen LogP) is 1.90. The van der Waals surface area contributed by atoms with Crippen LogP contribution in [0.15, 0.2) is 29.3 Å². The third-order valence-electron chi connectivity index (χ3n) is 3.15. The number of carbonyl (C=O) groups is 1. The maximum atomic E-state index is 11.9. The van der Waals surface area contributed by atoms with Gasteiger partial charge >= 0.3 is 0 Å². The number of amides is 1. The van der Waals surface area contributed by atoms with Gasteiger partial charge in [-0.25, -0.2) is 4.99 Å². The van der Waals surface area contributed by atoms with E-state index in [4.69, 9.17) is 6.42 Å². The van der Waals surface area contributed by atoms with Crippen molar-refractivity contribution in [3.05, 3.63) is 35.4 Å². The molecule has 1 rings (SSSR count). The molecule has 1 aromatic carbocycles. The van der Waals surface area contributed by atoms with Crippen LogP contribution >= 0.6 is 0 Å². The van der Waals surface area contributed by atoms with Gasteiger partial charge in [-0.05, 0) is 31.0 Å². The van der Waals surface area contributed by atoms with Gasteiger partial charge in [0.25, 0.3) is 5.91 Å². The Balaban J connectivity index is 2.58. The van der Waals surface area contributed by atoms with E-state index >= 15 is 0 Å². The summed E-state index contributed by atoms with van der Waals surface area (Å²) in [5.41, 5.74) is 1.71. The van der Waals surface area contributed by atoms with Crippen molar-refractivity contribution in [1.29, 1.82) is 0 Å². The van der Waals surface area contributed by atoms with Crippen LogP contribution in [-0.2, 0) is 6.54 Å². The Morgan fingerprint density at radius 1 is 1.17 bits per heavy atom. The van der Waals surface area contributed by atoms with Gasteiger partial charge in [-0.2, -0.15) is 0 Å². The molecule has 0 spiro atoms. The number of hydrogen-bond donors (Lipinski definition) is 3. The molecule has 0 unspecified atom stereocenters. The fourth-order valence-corrected chi connectivity index (χ4v) is 1.89. The van der Waals surface area contributed by atoms with E-state index in [2.05, 4.69) is 33.8 Å². The number of terminal acetylenes is 1. The number of carbonyl (C=O) groups excluding carboxylic acids is 1. The monoisotopic (exact) mass is 314 g/mol. The van der Waals surface area contributed by atoms with Gasteiger partial charge in [0.15, 0.2) is 5.96 Å². The van der Waals surface area contributed by atoms with Crippen LogP contribution in [0.4, 0.5) is 0 Å². The fraction of sp³-hybridized carbons (Fsp3) is 0.444. The van der Waals surface area contributed by atoms with Crippen LogP contribution in [0.25, 0.3) is 0 Å². The second-order valence-corrected chi connectivity index (χ2v) is 5.06. The van der Waals surface area contributed by atoms with Crippen LogP contribution in [0.3, 0.4) is 0 Å². The van der Waals surface area contributed by atoms with E-state index in [-0.39, 0.29) is 5.91 Å². The number of benzene rings is 1. The Labute approximate surface area is 139 Å². The molecular formula is C18H26N4O. The van der Waals surface area contributed by atoms with Gasteiger partial charge in [-0.3, -0.25) is 4.79 Å². The lowest BCUT2D eigenvalue weighted by Gasteiger charge is -2.09. The molecule has 0 heterocycles. The van der Waals surface area contributed by atoms with Gasteiger partial charge in [0.05, 0.1) is 13.1 Å². The summed E-state index contributed by atoms with van der Waals surface area (Å²) in [7, 11) is 0. The lowest BCUT2D eigenvalue weighted by molar-refractivity contribution is 0.0953. The number of rotatable bonds is 8. The first-order valence-corrected chi connectivity index (χ1v) is 8.04. The molecule has 0 atom stereocenters. The van der Waals surface area contributed by atoms with Crippen molar-refractivity contribution in [2.45, 2.75) is 33.2 Å². The van der Waals surface area contributed by atoms with Crippen LogP contribution in [-0.4, -0.2) is 31.5 Å². The second-order valence-electron chi connectivity index (χ2n) is 5.06. The van der Waals surface area contributed by atoms with E-state index in [1.165, 1.54) is 0 Å². The quantitative estimate of drug-likeness (QED) is 0.297. The van der Waals surface area contributed by atoms with Crippen molar-refractivity contribution in [1.82, 2.24) is 16.0 Å². The smallest absolute Gasteiger partial charge is 0.251 e. The molecule has 0 aliphatic heterocycles. The fourth-order valence-electron chi connectivity index (χ4n) is 1.89. The molecule has 1 amide bonds. The number of nitrogens with one attached hydrogen (secondary N) is 3. The predicted molar refractivity (Wildman–Crippen MR) is 95.3 cm³/mol. The molecule has 5 nitrogen and oxygen atoms in total. The number of hydrogen-bond acceptors (Lipinski definition) is 2. The van der Waals surface area contributed by atoms with Crippen LogP contribution in [0.1, 0.15) is 42.6 Å². The van der Waals surface area contributed by atoms with Gasteiger partial charge < -0.3 is 16.0 Å². The zero-order chi connectivity index (χ0) is 16.9. The van der Waals surface area contributed by atoms with E-state index in [1.54, 1.807) is 0 Å². The van der Waals surface area contributed by atoms with Gasteiger partial charge in [0, 0.05) is 18.7 Å². The zero-order valence-electron chi connectivity index (χ0n) is 14.0. The SMILES string of the molecule is C#CCNC(=NCc1ccc(C(=O)NCCCC)cc1)NCC. The van der Waals surface area contributed by atoms with Crippen molar-refractivity contribution < 1.29 is 4.79 Å². The Morgan fingerprint density at radius 3 is 2.52 bits per heavy atom. The highest BCUT2D eigenvalue weighted by Crippen LogP contribution is 2.06. The summed E-state index contributed by atoms with van der Waals surface area (Å²) in [6, 6.07) is 7.49. The molecule has 124 valence electrons. The largest absolute Gasteiger partial charge is 0.357 e. The van der Waals surface area contributed by atoms with Crippen LogP contribution in [0, 0.1) is 12.3 Å². The maximum absolute atomic E-state index is 11.9. The molecule has 0 fully saturated rings. The summed E-state index contributed by atoms with van der Waals surface area (Å²) < 4.78 is 0. The van der Waals surface area contributed by atoms with Gasteiger partial charge in [-0.1, -0.05) is 31.4 Å². The third-order valence-corrected chi connectivity index (χ3v) is 3.15. The molecule has 1 aromatic rings. The van der Waals surface area contributed by atoms with Crippen molar-refractivity contribution in [2.24, 2.45) is 4.99 Å². The molecule has 0 bridgehead atoms. The van der Waals surface area contributed by atoms with E-state index < -0.39 is 0 Å². The highest BCUT2D eigenvalue weighted by molar-refractivity contribution is 5.94. The molecule has 23 heavy (non-hydrogen) atoms. The van der Waals surface area contributed by atoms with Crippen molar-refractivity contribution in [2.75, 3.05) is 19.6 Å². The highest BCUT2D eigenvalue weighted by atomic mass is 16.1. The van der Waals surface area contributed by atoms with E-state index in [1.807, 2.05) is 31.2 Å². The van der Waals surface area contributed by atoms with E-state index in [0.29, 0.717) is 31.2 Å². The molecule has 3 N–H and O–H groups in total. The summed E-state index contributed by atoms with van der Waals surface area (Å²) in [6.45, 7) is 6.54. The van der Waals surface area contributed by atoms with Crippen molar-refractivity contribution in [3.8, 4) is 12.3 Å². The molecule has 0 saturated heterocycles. The summed E-state index contributed by atoms with van der Waals surface area (Å²) in [4.78, 5) is 16.4. The lowest BCUT2D eigenvalue weighted by Crippen LogP contribution is -2.37.